The summed E-state index contributed by atoms with van der Waals surface area (Å²) in [5.41, 5.74) is 3.14. The number of aromatic amines is 1. The zero-order valence-corrected chi connectivity index (χ0v) is 20.2. The second-order valence-electron chi connectivity index (χ2n) is 8.65. The molecule has 3 heterocycles. The molecule has 2 aromatic carbocycles. The standard InChI is InChI=1S/C26H29FN6O3/c1-18-14-21(6-7-22(18)36-16-19-4-2-5-20(27)15-19)30-24-23-25(29-17-28-24)31-32-26(23)35-13-10-33-8-3-11-34-12-9-33/h2,4-7,14-15,17H,3,8-13,16H2,1H3,(H2,28,29,30,31,32). The molecule has 0 radical (unpaired) electrons. The number of fused-ring (bicyclic) bond motifs is 1. The summed E-state index contributed by atoms with van der Waals surface area (Å²) < 4.78 is 30.8. The van der Waals surface area contributed by atoms with Crippen LogP contribution in [0.15, 0.2) is 48.8 Å². The molecule has 0 aliphatic carbocycles. The molecular weight excluding hydrogens is 463 g/mol. The Bertz CT molecular complexity index is 1310. The first kappa shape index (κ1) is 24.0. The molecule has 0 amide bonds. The van der Waals surface area contributed by atoms with Gasteiger partial charge in [-0.05, 0) is 54.8 Å². The van der Waals surface area contributed by atoms with E-state index in [9.17, 15) is 4.39 Å². The molecule has 5 rings (SSSR count). The van der Waals surface area contributed by atoms with Crippen LogP contribution in [0.3, 0.4) is 0 Å². The van der Waals surface area contributed by atoms with Gasteiger partial charge in [-0.2, -0.15) is 0 Å². The number of hydrogen-bond donors (Lipinski definition) is 2. The van der Waals surface area contributed by atoms with Gasteiger partial charge in [-0.15, -0.1) is 5.10 Å². The molecule has 0 unspecified atom stereocenters. The molecule has 9 nitrogen and oxygen atoms in total. The normalized spacial score (nSPS) is 14.5. The first-order chi connectivity index (χ1) is 17.7. The topological polar surface area (TPSA) is 97.4 Å². The maximum Gasteiger partial charge on any atom is 0.246 e. The highest BCUT2D eigenvalue weighted by Crippen LogP contribution is 2.31. The van der Waals surface area contributed by atoms with Gasteiger partial charge in [0.15, 0.2) is 5.65 Å². The van der Waals surface area contributed by atoms with E-state index in [1.165, 1.54) is 18.5 Å². The van der Waals surface area contributed by atoms with Crippen molar-refractivity contribution in [1.82, 2.24) is 25.1 Å². The van der Waals surface area contributed by atoms with E-state index in [1.807, 2.05) is 31.2 Å². The van der Waals surface area contributed by atoms with Crippen LogP contribution in [0.2, 0.25) is 0 Å². The molecule has 36 heavy (non-hydrogen) atoms. The molecular formula is C26H29FN6O3. The summed E-state index contributed by atoms with van der Waals surface area (Å²) in [4.78, 5) is 11.0. The van der Waals surface area contributed by atoms with Gasteiger partial charge >= 0.3 is 0 Å². The predicted molar refractivity (Wildman–Crippen MR) is 134 cm³/mol. The Morgan fingerprint density at radius 3 is 2.94 bits per heavy atom. The van der Waals surface area contributed by atoms with Crippen molar-refractivity contribution < 1.29 is 18.6 Å². The van der Waals surface area contributed by atoms with E-state index in [2.05, 4.69) is 30.4 Å². The lowest BCUT2D eigenvalue weighted by Gasteiger charge is -2.18. The maximum absolute atomic E-state index is 13.4. The number of benzene rings is 2. The van der Waals surface area contributed by atoms with Gasteiger partial charge in [0.25, 0.3) is 0 Å². The summed E-state index contributed by atoms with van der Waals surface area (Å²) >= 11 is 0. The minimum absolute atomic E-state index is 0.275. The molecule has 2 aromatic heterocycles. The number of ether oxygens (including phenoxy) is 3. The van der Waals surface area contributed by atoms with Crippen molar-refractivity contribution in [3.05, 3.63) is 65.7 Å². The van der Waals surface area contributed by atoms with E-state index in [0.29, 0.717) is 29.3 Å². The lowest BCUT2D eigenvalue weighted by Crippen LogP contribution is -2.30. The molecule has 2 N–H and O–H groups in total. The Morgan fingerprint density at radius 1 is 1.11 bits per heavy atom. The van der Waals surface area contributed by atoms with Crippen molar-refractivity contribution in [2.24, 2.45) is 0 Å². The fourth-order valence-electron chi connectivity index (χ4n) is 4.14. The summed E-state index contributed by atoms with van der Waals surface area (Å²) in [6.07, 6.45) is 2.51. The monoisotopic (exact) mass is 492 g/mol. The summed E-state index contributed by atoms with van der Waals surface area (Å²) in [7, 11) is 0. The van der Waals surface area contributed by atoms with Crippen LogP contribution in [0, 0.1) is 12.7 Å². The highest BCUT2D eigenvalue weighted by Gasteiger charge is 2.16. The third-order valence-corrected chi connectivity index (χ3v) is 6.01. The Balaban J connectivity index is 1.25. The van der Waals surface area contributed by atoms with Gasteiger partial charge in [0.1, 0.15) is 42.3 Å². The number of rotatable bonds is 9. The van der Waals surface area contributed by atoms with Crippen molar-refractivity contribution in [3.8, 4) is 11.6 Å². The molecule has 1 aliphatic heterocycles. The number of H-pyrrole nitrogens is 1. The van der Waals surface area contributed by atoms with E-state index in [-0.39, 0.29) is 12.4 Å². The van der Waals surface area contributed by atoms with E-state index in [4.69, 9.17) is 14.2 Å². The smallest absolute Gasteiger partial charge is 0.246 e. The molecule has 0 saturated carbocycles. The van der Waals surface area contributed by atoms with Gasteiger partial charge in [-0.25, -0.2) is 14.4 Å². The molecule has 10 heteroatoms. The zero-order valence-electron chi connectivity index (χ0n) is 20.2. The predicted octanol–water partition coefficient (Wildman–Crippen LogP) is 4.22. The second kappa shape index (κ2) is 11.3. The van der Waals surface area contributed by atoms with Crippen molar-refractivity contribution in [1.29, 1.82) is 0 Å². The molecule has 0 bridgehead atoms. The van der Waals surface area contributed by atoms with E-state index < -0.39 is 0 Å². The molecule has 188 valence electrons. The first-order valence-electron chi connectivity index (χ1n) is 12.0. The summed E-state index contributed by atoms with van der Waals surface area (Å²) in [6, 6.07) is 12.2. The third kappa shape index (κ3) is 5.89. The Hall–Kier alpha value is -3.76. The quantitative estimate of drug-likeness (QED) is 0.358. The van der Waals surface area contributed by atoms with Gasteiger partial charge in [0.2, 0.25) is 5.88 Å². The molecule has 0 atom stereocenters. The van der Waals surface area contributed by atoms with Crippen LogP contribution in [0.4, 0.5) is 15.9 Å². The lowest BCUT2D eigenvalue weighted by atomic mass is 10.2. The summed E-state index contributed by atoms with van der Waals surface area (Å²) in [5, 5.41) is 11.3. The van der Waals surface area contributed by atoms with Crippen molar-refractivity contribution in [3.63, 3.8) is 0 Å². The van der Waals surface area contributed by atoms with Crippen LogP contribution in [0.5, 0.6) is 11.6 Å². The van der Waals surface area contributed by atoms with E-state index in [0.717, 1.165) is 61.8 Å². The average molecular weight is 493 g/mol. The van der Waals surface area contributed by atoms with Crippen LogP contribution in [0.25, 0.3) is 11.0 Å². The molecule has 4 aromatic rings. The van der Waals surface area contributed by atoms with E-state index in [1.54, 1.807) is 6.07 Å². The van der Waals surface area contributed by atoms with Crippen molar-refractivity contribution >= 4 is 22.5 Å². The molecule has 1 saturated heterocycles. The number of aromatic nitrogens is 4. The van der Waals surface area contributed by atoms with Crippen LogP contribution in [-0.2, 0) is 11.3 Å². The number of aryl methyl sites for hydroxylation is 1. The largest absolute Gasteiger partial charge is 0.489 e. The molecule has 1 fully saturated rings. The SMILES string of the molecule is Cc1cc(Nc2ncnc3[nH]nc(OCCN4CCCOCC4)c23)ccc1OCc1cccc(F)c1. The number of nitrogens with one attached hydrogen (secondary N) is 2. The average Bonchev–Trinajstić information content (AvgIpc) is 3.11. The molecule has 1 aliphatic rings. The number of nitrogens with zero attached hydrogens (tertiary/aromatic N) is 4. The van der Waals surface area contributed by atoms with Crippen molar-refractivity contribution in [2.45, 2.75) is 20.0 Å². The van der Waals surface area contributed by atoms with Crippen LogP contribution in [-0.4, -0.2) is 64.5 Å². The lowest BCUT2D eigenvalue weighted by molar-refractivity contribution is 0.137. The maximum atomic E-state index is 13.4. The van der Waals surface area contributed by atoms with Crippen LogP contribution in [0.1, 0.15) is 17.5 Å². The van der Waals surface area contributed by atoms with Gasteiger partial charge in [-0.1, -0.05) is 12.1 Å². The van der Waals surface area contributed by atoms with Crippen LogP contribution >= 0.6 is 0 Å². The number of anilines is 2. The summed E-state index contributed by atoms with van der Waals surface area (Å²) in [5.74, 6) is 1.51. The highest BCUT2D eigenvalue weighted by molar-refractivity contribution is 5.92. The number of hydrogen-bond acceptors (Lipinski definition) is 8. The zero-order chi connectivity index (χ0) is 24.7. The van der Waals surface area contributed by atoms with Crippen molar-refractivity contribution in [2.75, 3.05) is 44.8 Å². The van der Waals surface area contributed by atoms with Gasteiger partial charge in [0, 0.05) is 31.9 Å². The summed E-state index contributed by atoms with van der Waals surface area (Å²) in [6.45, 7) is 7.02. The minimum Gasteiger partial charge on any atom is -0.489 e. The van der Waals surface area contributed by atoms with E-state index >= 15 is 0 Å². The number of halogens is 1. The molecule has 0 spiro atoms. The fourth-order valence-corrected chi connectivity index (χ4v) is 4.14. The first-order valence-corrected chi connectivity index (χ1v) is 12.0. The fraction of sp³-hybridized carbons (Fsp3) is 0.346. The van der Waals surface area contributed by atoms with Crippen LogP contribution < -0.4 is 14.8 Å². The third-order valence-electron chi connectivity index (χ3n) is 6.01. The highest BCUT2D eigenvalue weighted by atomic mass is 19.1. The van der Waals surface area contributed by atoms with Gasteiger partial charge < -0.3 is 19.5 Å². The van der Waals surface area contributed by atoms with Gasteiger partial charge in [-0.3, -0.25) is 10.00 Å². The second-order valence-corrected chi connectivity index (χ2v) is 8.65. The Kier molecular flexibility index (Phi) is 7.53. The minimum atomic E-state index is -0.275. The Morgan fingerprint density at radius 2 is 2.06 bits per heavy atom. The van der Waals surface area contributed by atoms with Gasteiger partial charge in [0.05, 0.1) is 6.61 Å². The Labute approximate surface area is 208 Å².